The van der Waals surface area contributed by atoms with Gasteiger partial charge in [0.25, 0.3) is 12.4 Å². The van der Waals surface area contributed by atoms with Crippen LogP contribution in [-0.4, -0.2) is 28.5 Å². The highest BCUT2D eigenvalue weighted by Gasteiger charge is 2.69. The van der Waals surface area contributed by atoms with Crippen molar-refractivity contribution in [2.24, 2.45) is 22.6 Å². The van der Waals surface area contributed by atoms with E-state index in [0.29, 0.717) is 0 Å². The van der Waals surface area contributed by atoms with E-state index in [2.05, 4.69) is 20.3 Å². The van der Waals surface area contributed by atoms with Gasteiger partial charge in [-0.25, -0.2) is 31.9 Å². The third kappa shape index (κ3) is 3.11. The van der Waals surface area contributed by atoms with Crippen LogP contribution in [0, 0.1) is 40.6 Å². The number of anilines is 2. The summed E-state index contributed by atoms with van der Waals surface area (Å²) in [5, 5.41) is 11.7. The van der Waals surface area contributed by atoms with Crippen molar-refractivity contribution in [3.8, 4) is 6.07 Å². The van der Waals surface area contributed by atoms with Crippen LogP contribution in [0.15, 0.2) is 35.6 Å². The molecule has 3 heterocycles. The van der Waals surface area contributed by atoms with E-state index >= 15 is 0 Å². The van der Waals surface area contributed by atoms with Gasteiger partial charge in [0, 0.05) is 40.7 Å². The molecule has 1 fully saturated rings. The number of pyridine rings is 2. The first-order chi connectivity index (χ1) is 16.2. The highest BCUT2D eigenvalue weighted by Crippen LogP contribution is 2.60. The van der Waals surface area contributed by atoms with Crippen LogP contribution < -0.4 is 11.1 Å². The number of nitrogens with two attached hydrogens (primary N) is 1. The lowest BCUT2D eigenvalue weighted by atomic mass is 9.83. The minimum Gasteiger partial charge on any atom is -0.461 e. The summed E-state index contributed by atoms with van der Waals surface area (Å²) in [6.07, 6.45) is -1.88. The van der Waals surface area contributed by atoms with E-state index in [-0.39, 0.29) is 28.0 Å². The molecule has 5 rings (SSSR count). The van der Waals surface area contributed by atoms with Gasteiger partial charge in [-0.3, -0.25) is 4.98 Å². The Bertz CT molecular complexity index is 1410. The van der Waals surface area contributed by atoms with Crippen LogP contribution >= 0.6 is 0 Å². The summed E-state index contributed by atoms with van der Waals surface area (Å²) in [6.45, 7) is 1.63. The number of halogens is 5. The van der Waals surface area contributed by atoms with Crippen LogP contribution in [0.4, 0.5) is 33.5 Å². The lowest BCUT2D eigenvalue weighted by molar-refractivity contribution is 0.0165. The molecule has 7 nitrogen and oxygen atoms in total. The lowest BCUT2D eigenvalue weighted by Gasteiger charge is -2.33. The molecule has 3 aromatic rings. The number of nitrogens with one attached hydrogen (secondary N) is 1. The number of aliphatic imine (C=N–C) groups is 1. The molecular weight excluding hydrogens is 459 g/mol. The molecule has 1 aliphatic heterocycles. The Kier molecular flexibility index (Phi) is 4.82. The topological polar surface area (TPSA) is 109 Å². The molecule has 0 radical (unpaired) electrons. The molecule has 4 atom stereocenters. The molecule has 2 aromatic heterocycles. The second kappa shape index (κ2) is 7.51. The van der Waals surface area contributed by atoms with Gasteiger partial charge >= 0.3 is 0 Å². The Labute approximate surface area is 189 Å². The number of hydrogen-bond donors (Lipinski definition) is 2. The van der Waals surface area contributed by atoms with Crippen LogP contribution in [-0.2, 0) is 10.3 Å². The summed E-state index contributed by atoms with van der Waals surface area (Å²) >= 11 is 0. The van der Waals surface area contributed by atoms with Crippen LogP contribution in [0.3, 0.4) is 0 Å². The molecule has 2 aliphatic rings. The second-order valence-corrected chi connectivity index (χ2v) is 8.17. The van der Waals surface area contributed by atoms with E-state index < -0.39 is 58.9 Å². The zero-order chi connectivity index (χ0) is 24.4. The highest BCUT2D eigenvalue weighted by atomic mass is 19.3. The molecule has 0 bridgehead atoms. The maximum atomic E-state index is 15.0. The molecule has 0 amide bonds. The lowest BCUT2D eigenvalue weighted by Crippen LogP contribution is -2.43. The smallest absolute Gasteiger partial charge is 0.283 e. The minimum absolute atomic E-state index is 0.00179. The summed E-state index contributed by atoms with van der Waals surface area (Å²) in [5.74, 6) is -5.05. The van der Waals surface area contributed by atoms with Gasteiger partial charge in [-0.05, 0) is 12.1 Å². The van der Waals surface area contributed by atoms with E-state index in [9.17, 15) is 22.0 Å². The fourth-order valence-corrected chi connectivity index (χ4v) is 4.56. The first-order valence-corrected chi connectivity index (χ1v) is 10.1. The van der Waals surface area contributed by atoms with E-state index in [0.717, 1.165) is 18.3 Å². The first kappa shape index (κ1) is 21.8. The van der Waals surface area contributed by atoms with E-state index in [4.69, 9.17) is 15.7 Å². The van der Waals surface area contributed by atoms with Crippen LogP contribution in [0.1, 0.15) is 18.1 Å². The van der Waals surface area contributed by atoms with Crippen LogP contribution in [0.5, 0.6) is 0 Å². The van der Waals surface area contributed by atoms with Crippen molar-refractivity contribution in [3.05, 3.63) is 59.2 Å². The molecule has 1 saturated carbocycles. The number of ether oxygens (including phenoxy) is 1. The summed E-state index contributed by atoms with van der Waals surface area (Å²) in [6, 6.07) is 4.30. The molecule has 1 aromatic carbocycles. The van der Waals surface area contributed by atoms with Gasteiger partial charge in [-0.1, -0.05) is 6.92 Å². The molecule has 3 N–H and O–H groups in total. The maximum absolute atomic E-state index is 15.0. The average molecular weight is 474 g/mol. The number of nitrogens with zero attached hydrogens (tertiary/aromatic N) is 4. The Morgan fingerprint density at radius 3 is 2.62 bits per heavy atom. The van der Waals surface area contributed by atoms with Crippen molar-refractivity contribution in [1.82, 2.24) is 9.97 Å². The molecule has 34 heavy (non-hydrogen) atoms. The fraction of sp³-hybridized carbons (Fsp3) is 0.273. The van der Waals surface area contributed by atoms with Crippen LogP contribution in [0.25, 0.3) is 10.9 Å². The van der Waals surface area contributed by atoms with Gasteiger partial charge in [0.2, 0.25) is 0 Å². The molecule has 1 aliphatic carbocycles. The zero-order valence-corrected chi connectivity index (χ0v) is 17.4. The minimum atomic E-state index is -3.22. The molecule has 174 valence electrons. The summed E-state index contributed by atoms with van der Waals surface area (Å²) in [4.78, 5) is 11.7. The summed E-state index contributed by atoms with van der Waals surface area (Å²) < 4.78 is 78.0. The highest BCUT2D eigenvalue weighted by molar-refractivity contribution is 5.90. The fourth-order valence-electron chi connectivity index (χ4n) is 4.56. The average Bonchev–Trinajstić information content (AvgIpc) is 3.46. The van der Waals surface area contributed by atoms with Gasteiger partial charge in [-0.15, -0.1) is 0 Å². The van der Waals surface area contributed by atoms with Gasteiger partial charge in [0.05, 0.1) is 11.8 Å². The van der Waals surface area contributed by atoms with Gasteiger partial charge in [0.1, 0.15) is 17.7 Å². The third-order valence-corrected chi connectivity index (χ3v) is 6.22. The number of benzene rings is 1. The number of rotatable bonds is 4. The van der Waals surface area contributed by atoms with E-state index in [1.807, 2.05) is 6.07 Å². The predicted octanol–water partition coefficient (Wildman–Crippen LogP) is 4.10. The van der Waals surface area contributed by atoms with Crippen molar-refractivity contribution < 1.29 is 26.7 Å². The van der Waals surface area contributed by atoms with Crippen molar-refractivity contribution in [2.45, 2.75) is 25.0 Å². The summed E-state index contributed by atoms with van der Waals surface area (Å²) in [5.41, 5.74) is 2.40. The monoisotopic (exact) mass is 474 g/mol. The third-order valence-electron chi connectivity index (χ3n) is 6.22. The SMILES string of the molecule is CC1C2OC(N)=NC(c3cc(Nc4ncc(F)c5cc(C#N)cnc45)cc(F)c3F)(C(F)F)C12. The van der Waals surface area contributed by atoms with Gasteiger partial charge in [-0.2, -0.15) is 5.26 Å². The Morgan fingerprint density at radius 2 is 1.91 bits per heavy atom. The van der Waals surface area contributed by atoms with Crippen molar-refractivity contribution in [3.63, 3.8) is 0 Å². The summed E-state index contributed by atoms with van der Waals surface area (Å²) in [7, 11) is 0. The maximum Gasteiger partial charge on any atom is 0.283 e. The molecule has 4 unspecified atom stereocenters. The number of aromatic nitrogens is 2. The van der Waals surface area contributed by atoms with Crippen LogP contribution in [0.2, 0.25) is 0 Å². The zero-order valence-electron chi connectivity index (χ0n) is 17.4. The van der Waals surface area contributed by atoms with E-state index in [1.54, 1.807) is 6.92 Å². The molecule has 12 heteroatoms. The standard InChI is InChI=1S/C22H15F5N6O/c1-8-15-18(8)34-21(29)33-22(15,20(26)27)12-3-10(4-13(23)16(12)25)32-19-17-11(14(24)7-31-19)2-9(5-28)6-30-17/h2-4,6-8,15,18,20H,1H3,(H2,29,33)(H,31,32). The van der Waals surface area contributed by atoms with Crippen molar-refractivity contribution in [2.75, 3.05) is 5.32 Å². The van der Waals surface area contributed by atoms with Gasteiger partial charge in [0.15, 0.2) is 28.8 Å². The second-order valence-electron chi connectivity index (χ2n) is 8.17. The van der Waals surface area contributed by atoms with Crippen molar-refractivity contribution >= 4 is 28.4 Å². The van der Waals surface area contributed by atoms with Crippen molar-refractivity contribution in [1.29, 1.82) is 5.26 Å². The normalized spacial score (nSPS) is 25.4. The van der Waals surface area contributed by atoms with E-state index in [1.165, 1.54) is 12.3 Å². The quantitative estimate of drug-likeness (QED) is 0.551. The molecule has 0 saturated heterocycles. The number of alkyl halides is 2. The molecular formula is C22H15F5N6O. The van der Waals surface area contributed by atoms with Gasteiger partial charge < -0.3 is 15.8 Å². The number of nitriles is 1. The Hall–Kier alpha value is -4.01. The number of amidine groups is 1. The number of fused-ring (bicyclic) bond motifs is 2. The Morgan fingerprint density at radius 1 is 1.15 bits per heavy atom. The number of hydrogen-bond acceptors (Lipinski definition) is 7. The first-order valence-electron chi connectivity index (χ1n) is 10.1. The predicted molar refractivity (Wildman–Crippen MR) is 111 cm³/mol. The molecule has 0 spiro atoms. The Balaban J connectivity index is 1.64. The largest absolute Gasteiger partial charge is 0.461 e.